The van der Waals surface area contributed by atoms with E-state index < -0.39 is 18.6 Å². The predicted molar refractivity (Wildman–Crippen MR) is 84.6 cm³/mol. The first-order chi connectivity index (χ1) is 11.3. The average Bonchev–Trinajstić information content (AvgIpc) is 2.69. The Morgan fingerprint density at radius 3 is 2.79 bits per heavy atom. The summed E-state index contributed by atoms with van der Waals surface area (Å²) in [6.07, 6.45) is -0.920. The van der Waals surface area contributed by atoms with Crippen LogP contribution in [0.25, 0.3) is 10.2 Å². The van der Waals surface area contributed by atoms with Crippen LogP contribution in [0.1, 0.15) is 40.3 Å². The number of thiophene rings is 1. The van der Waals surface area contributed by atoms with Crippen molar-refractivity contribution >= 4 is 27.5 Å². The van der Waals surface area contributed by atoms with Gasteiger partial charge in [-0.25, -0.2) is 4.98 Å². The summed E-state index contributed by atoms with van der Waals surface area (Å²) in [6, 6.07) is 0. The van der Waals surface area contributed by atoms with Crippen molar-refractivity contribution in [1.82, 2.24) is 14.9 Å². The minimum Gasteiger partial charge on any atom is -0.342 e. The Morgan fingerprint density at radius 1 is 1.33 bits per heavy atom. The first kappa shape index (κ1) is 16.9. The zero-order valence-corrected chi connectivity index (χ0v) is 13.8. The number of carbonyl (C=O) groups is 1. The molecule has 0 saturated carbocycles. The lowest BCUT2D eigenvalue weighted by molar-refractivity contribution is -0.123. The summed E-state index contributed by atoms with van der Waals surface area (Å²) in [5.41, 5.74) is 0.187. The first-order valence-corrected chi connectivity index (χ1v) is 8.47. The number of carbonyl (C=O) groups excluding carboxylic acids is 1. The van der Waals surface area contributed by atoms with Crippen molar-refractivity contribution in [2.24, 2.45) is 0 Å². The van der Waals surface area contributed by atoms with Crippen LogP contribution in [0, 0.1) is 6.92 Å². The molecule has 0 aromatic carbocycles. The molecule has 3 heterocycles. The third-order valence-electron chi connectivity index (χ3n) is 4.07. The SMILES string of the molecule is Cc1c(C(=O)NCC(F)(F)F)sc2nc3n(c(=O)c12)CCCCC3. The van der Waals surface area contributed by atoms with E-state index in [9.17, 15) is 22.8 Å². The summed E-state index contributed by atoms with van der Waals surface area (Å²) >= 11 is 0.973. The number of aromatic nitrogens is 2. The maximum Gasteiger partial charge on any atom is 0.405 e. The fourth-order valence-corrected chi connectivity index (χ4v) is 3.99. The summed E-state index contributed by atoms with van der Waals surface area (Å²) in [6.45, 7) is 0.762. The van der Waals surface area contributed by atoms with Gasteiger partial charge < -0.3 is 5.32 Å². The molecule has 0 fully saturated rings. The fourth-order valence-electron chi connectivity index (χ4n) is 2.89. The van der Waals surface area contributed by atoms with Gasteiger partial charge in [-0.2, -0.15) is 13.2 Å². The average molecular weight is 359 g/mol. The molecule has 0 bridgehead atoms. The molecule has 2 aromatic heterocycles. The standard InChI is InChI=1S/C15H16F3N3O2S/c1-8-10-13(24-11(8)12(22)19-7-15(16,17)18)20-9-5-3-2-4-6-21(9)14(10)23/h2-7H2,1H3,(H,19,22). The summed E-state index contributed by atoms with van der Waals surface area (Å²) in [5.74, 6) is -0.138. The van der Waals surface area contributed by atoms with Crippen LogP contribution in [0.3, 0.4) is 0 Å². The van der Waals surface area contributed by atoms with Crippen molar-refractivity contribution in [3.63, 3.8) is 0 Å². The molecule has 0 radical (unpaired) electrons. The number of alkyl halides is 3. The second-order valence-corrected chi connectivity index (χ2v) is 6.83. The number of hydrogen-bond donors (Lipinski definition) is 1. The zero-order valence-electron chi connectivity index (χ0n) is 13.0. The summed E-state index contributed by atoms with van der Waals surface area (Å²) in [7, 11) is 0. The topological polar surface area (TPSA) is 64.0 Å². The Kier molecular flexibility index (Phi) is 4.37. The molecule has 0 unspecified atom stereocenters. The molecule has 0 atom stereocenters. The minimum absolute atomic E-state index is 0.111. The highest BCUT2D eigenvalue weighted by molar-refractivity contribution is 7.20. The lowest BCUT2D eigenvalue weighted by atomic mass is 10.2. The van der Waals surface area contributed by atoms with Crippen LogP contribution in [0.15, 0.2) is 4.79 Å². The van der Waals surface area contributed by atoms with Gasteiger partial charge in [-0.1, -0.05) is 6.42 Å². The smallest absolute Gasteiger partial charge is 0.342 e. The molecule has 9 heteroatoms. The van der Waals surface area contributed by atoms with E-state index >= 15 is 0 Å². The van der Waals surface area contributed by atoms with Crippen LogP contribution >= 0.6 is 11.3 Å². The van der Waals surface area contributed by atoms with E-state index in [1.54, 1.807) is 11.5 Å². The minimum atomic E-state index is -4.48. The van der Waals surface area contributed by atoms with E-state index in [0.29, 0.717) is 34.6 Å². The molecule has 1 N–H and O–H groups in total. The van der Waals surface area contributed by atoms with Crippen LogP contribution < -0.4 is 10.9 Å². The Labute approximate surface area is 139 Å². The van der Waals surface area contributed by atoms with Crippen molar-refractivity contribution in [2.45, 2.75) is 45.3 Å². The largest absolute Gasteiger partial charge is 0.405 e. The van der Waals surface area contributed by atoms with Crippen LogP contribution in [0.2, 0.25) is 0 Å². The third-order valence-corrected chi connectivity index (χ3v) is 5.25. The number of halogens is 3. The second kappa shape index (κ2) is 6.19. The third kappa shape index (κ3) is 3.17. The van der Waals surface area contributed by atoms with E-state index in [4.69, 9.17) is 0 Å². The summed E-state index contributed by atoms with van der Waals surface area (Å²) in [4.78, 5) is 29.8. The maximum absolute atomic E-state index is 12.7. The fraction of sp³-hybridized carbons (Fsp3) is 0.533. The lowest BCUT2D eigenvalue weighted by Crippen LogP contribution is -2.33. The molecule has 0 aliphatic carbocycles. The van der Waals surface area contributed by atoms with Gasteiger partial charge in [0.15, 0.2) is 0 Å². The molecular formula is C15H16F3N3O2S. The van der Waals surface area contributed by atoms with Gasteiger partial charge in [0.05, 0.1) is 10.3 Å². The summed E-state index contributed by atoms with van der Waals surface area (Å²) in [5, 5.41) is 2.19. The Balaban J connectivity index is 2.03. The Hall–Kier alpha value is -1.90. The van der Waals surface area contributed by atoms with Crippen molar-refractivity contribution < 1.29 is 18.0 Å². The maximum atomic E-state index is 12.7. The van der Waals surface area contributed by atoms with Gasteiger partial charge in [0.2, 0.25) is 0 Å². The van der Waals surface area contributed by atoms with Crippen molar-refractivity contribution in [2.75, 3.05) is 6.54 Å². The molecule has 5 nitrogen and oxygen atoms in total. The van der Waals surface area contributed by atoms with Crippen LogP contribution in [0.5, 0.6) is 0 Å². The number of hydrogen-bond acceptors (Lipinski definition) is 4. The van der Waals surface area contributed by atoms with E-state index in [-0.39, 0.29) is 10.4 Å². The van der Waals surface area contributed by atoms with Crippen molar-refractivity contribution in [1.29, 1.82) is 0 Å². The highest BCUT2D eigenvalue weighted by atomic mass is 32.1. The van der Waals surface area contributed by atoms with Crippen LogP contribution in [0.4, 0.5) is 13.2 Å². The van der Waals surface area contributed by atoms with Crippen LogP contribution in [-0.4, -0.2) is 28.2 Å². The second-order valence-electron chi connectivity index (χ2n) is 5.83. The Bertz CT molecular complexity index is 854. The molecule has 130 valence electrons. The lowest BCUT2D eigenvalue weighted by Gasteiger charge is -2.08. The molecule has 1 amide bonds. The number of nitrogens with zero attached hydrogens (tertiary/aromatic N) is 2. The van der Waals surface area contributed by atoms with Gasteiger partial charge in [0.1, 0.15) is 17.2 Å². The molecule has 1 aliphatic rings. The number of rotatable bonds is 2. The number of nitrogens with one attached hydrogen (secondary N) is 1. The number of amides is 1. The normalized spacial score (nSPS) is 15.2. The van der Waals surface area contributed by atoms with Gasteiger partial charge in [0, 0.05) is 13.0 Å². The van der Waals surface area contributed by atoms with E-state index in [1.165, 1.54) is 0 Å². The van der Waals surface area contributed by atoms with Gasteiger partial charge in [0.25, 0.3) is 11.5 Å². The van der Waals surface area contributed by atoms with Crippen molar-refractivity contribution in [3.05, 3.63) is 26.6 Å². The number of aryl methyl sites for hydroxylation is 2. The van der Waals surface area contributed by atoms with Gasteiger partial charge in [-0.15, -0.1) is 11.3 Å². The molecule has 0 saturated heterocycles. The summed E-state index contributed by atoms with van der Waals surface area (Å²) < 4.78 is 38.4. The molecule has 3 rings (SSSR count). The van der Waals surface area contributed by atoms with E-state index in [0.717, 1.165) is 30.6 Å². The molecule has 2 aromatic rings. The van der Waals surface area contributed by atoms with Gasteiger partial charge in [-0.3, -0.25) is 14.2 Å². The highest BCUT2D eigenvalue weighted by Crippen LogP contribution is 2.28. The monoisotopic (exact) mass is 359 g/mol. The van der Waals surface area contributed by atoms with E-state index in [1.807, 2.05) is 5.32 Å². The molecule has 24 heavy (non-hydrogen) atoms. The Morgan fingerprint density at radius 2 is 2.08 bits per heavy atom. The van der Waals surface area contributed by atoms with Gasteiger partial charge >= 0.3 is 6.18 Å². The molecule has 1 aliphatic heterocycles. The highest BCUT2D eigenvalue weighted by Gasteiger charge is 2.29. The predicted octanol–water partition coefficient (Wildman–Crippen LogP) is 2.78. The van der Waals surface area contributed by atoms with Crippen molar-refractivity contribution in [3.8, 4) is 0 Å². The zero-order chi connectivity index (χ0) is 17.5. The van der Waals surface area contributed by atoms with Gasteiger partial charge in [-0.05, 0) is 25.3 Å². The van der Waals surface area contributed by atoms with Crippen LogP contribution in [-0.2, 0) is 13.0 Å². The van der Waals surface area contributed by atoms with E-state index in [2.05, 4.69) is 4.98 Å². The quantitative estimate of drug-likeness (QED) is 0.897. The first-order valence-electron chi connectivity index (χ1n) is 7.65. The molecule has 0 spiro atoms. The molecular weight excluding hydrogens is 343 g/mol. The number of fused-ring (bicyclic) bond motifs is 2.